The van der Waals surface area contributed by atoms with Crippen LogP contribution in [0.2, 0.25) is 0 Å². The zero-order chi connectivity index (χ0) is 27.6. The summed E-state index contributed by atoms with van der Waals surface area (Å²) in [4.78, 5) is 11.6. The number of ether oxygens (including phenoxy) is 6. The molecule has 0 aliphatic carbocycles. The number of carboxylic acid groups (broad SMARTS) is 1. The van der Waals surface area contributed by atoms with Crippen LogP contribution in [0.5, 0.6) is 11.5 Å². The maximum Gasteiger partial charge on any atom is 0.335 e. The summed E-state index contributed by atoms with van der Waals surface area (Å²) in [6.45, 7) is 17.7. The Morgan fingerprint density at radius 1 is 0.667 bits per heavy atom. The molecular weight excluding hydrogens is 464 g/mol. The van der Waals surface area contributed by atoms with Gasteiger partial charge >= 0.3 is 5.97 Å². The maximum atomic E-state index is 11.6. The summed E-state index contributed by atoms with van der Waals surface area (Å²) >= 11 is 0. The first-order valence-electron chi connectivity index (χ1n) is 12.5. The Bertz CT molecular complexity index is 814. The molecule has 0 heterocycles. The number of hydrogen-bond acceptors (Lipinski definition) is 7. The molecule has 1 N–H and O–H groups in total. The van der Waals surface area contributed by atoms with E-state index in [-0.39, 0.29) is 16.8 Å². The molecule has 36 heavy (non-hydrogen) atoms. The Labute approximate surface area is 217 Å². The lowest BCUT2D eigenvalue weighted by molar-refractivity contribution is -0.111. The smallest absolute Gasteiger partial charge is 0.335 e. The number of carbonyl (C=O) groups is 1. The van der Waals surface area contributed by atoms with Gasteiger partial charge in [0, 0.05) is 33.1 Å². The molecule has 0 unspecified atom stereocenters. The first kappa shape index (κ1) is 32.2. The largest absolute Gasteiger partial charge is 0.493 e. The highest BCUT2D eigenvalue weighted by atomic mass is 16.5. The van der Waals surface area contributed by atoms with Gasteiger partial charge in [0.05, 0.1) is 54.4 Å². The van der Waals surface area contributed by atoms with Crippen LogP contribution in [0, 0.1) is 0 Å². The molecule has 0 aromatic heterocycles. The lowest BCUT2D eigenvalue weighted by atomic mass is 10.0. The van der Waals surface area contributed by atoms with Gasteiger partial charge < -0.3 is 33.5 Å². The third-order valence-electron chi connectivity index (χ3n) is 6.19. The van der Waals surface area contributed by atoms with Gasteiger partial charge in [-0.2, -0.15) is 0 Å². The minimum atomic E-state index is -1.04. The maximum absolute atomic E-state index is 11.6. The number of rotatable bonds is 18. The Hall–Kier alpha value is -1.87. The molecule has 208 valence electrons. The van der Waals surface area contributed by atoms with Crippen LogP contribution >= 0.6 is 0 Å². The first-order valence-corrected chi connectivity index (χ1v) is 12.5. The molecule has 0 fully saturated rings. The third-order valence-corrected chi connectivity index (χ3v) is 6.19. The van der Waals surface area contributed by atoms with Crippen LogP contribution < -0.4 is 9.47 Å². The lowest BCUT2D eigenvalue weighted by Gasteiger charge is -2.31. The summed E-state index contributed by atoms with van der Waals surface area (Å²) in [5.74, 6) is -0.158. The molecule has 0 bridgehead atoms. The number of benzene rings is 1. The van der Waals surface area contributed by atoms with Crippen molar-refractivity contribution in [3.05, 3.63) is 23.8 Å². The molecule has 0 aliphatic rings. The van der Waals surface area contributed by atoms with Gasteiger partial charge in [0.2, 0.25) is 0 Å². The average molecular weight is 513 g/mol. The Morgan fingerprint density at radius 3 is 1.56 bits per heavy atom. The fraction of sp³-hybridized carbons (Fsp3) is 0.750. The van der Waals surface area contributed by atoms with Crippen molar-refractivity contribution in [1.29, 1.82) is 0 Å². The van der Waals surface area contributed by atoms with Gasteiger partial charge in [-0.3, -0.25) is 0 Å². The highest BCUT2D eigenvalue weighted by Gasteiger charge is 2.25. The van der Waals surface area contributed by atoms with Crippen molar-refractivity contribution in [2.45, 2.75) is 97.1 Å². The van der Waals surface area contributed by atoms with Crippen LogP contribution in [0.1, 0.15) is 85.0 Å². The minimum absolute atomic E-state index is 0.108. The molecular formula is C28H48O8. The van der Waals surface area contributed by atoms with Crippen molar-refractivity contribution in [1.82, 2.24) is 0 Å². The van der Waals surface area contributed by atoms with E-state index in [1.54, 1.807) is 20.3 Å². The zero-order valence-electron chi connectivity index (χ0n) is 24.0. The molecule has 8 heteroatoms. The van der Waals surface area contributed by atoms with Crippen LogP contribution in [0.4, 0.5) is 0 Å². The number of aromatic carboxylic acids is 1. The molecule has 1 rings (SSSR count). The van der Waals surface area contributed by atoms with Crippen molar-refractivity contribution in [3.8, 4) is 11.5 Å². The van der Waals surface area contributed by atoms with Crippen LogP contribution in [-0.2, 0) is 18.9 Å². The van der Waals surface area contributed by atoms with Gasteiger partial charge in [-0.05, 0) is 73.9 Å². The van der Waals surface area contributed by atoms with Gasteiger partial charge in [-0.25, -0.2) is 4.79 Å². The van der Waals surface area contributed by atoms with Crippen molar-refractivity contribution in [2.24, 2.45) is 0 Å². The molecule has 0 spiro atoms. The molecule has 0 aliphatic heterocycles. The number of hydrogen-bond donors (Lipinski definition) is 1. The predicted octanol–water partition coefficient (Wildman–Crippen LogP) is 5.75. The van der Waals surface area contributed by atoms with Crippen LogP contribution in [-0.4, -0.2) is 74.1 Å². The van der Waals surface area contributed by atoms with Gasteiger partial charge in [0.1, 0.15) is 11.5 Å². The van der Waals surface area contributed by atoms with Gasteiger partial charge in [-0.15, -0.1) is 0 Å². The average Bonchev–Trinajstić information content (AvgIpc) is 2.77. The first-order chi connectivity index (χ1) is 16.5. The fourth-order valence-corrected chi connectivity index (χ4v) is 2.94. The third kappa shape index (κ3) is 12.9. The van der Waals surface area contributed by atoms with E-state index in [2.05, 4.69) is 0 Å². The fourth-order valence-electron chi connectivity index (χ4n) is 2.94. The Balaban J connectivity index is 2.66. The van der Waals surface area contributed by atoms with E-state index in [0.717, 1.165) is 6.42 Å². The van der Waals surface area contributed by atoms with Gasteiger partial charge in [-0.1, -0.05) is 0 Å². The van der Waals surface area contributed by atoms with E-state index < -0.39 is 17.2 Å². The van der Waals surface area contributed by atoms with E-state index in [9.17, 15) is 9.90 Å². The summed E-state index contributed by atoms with van der Waals surface area (Å²) in [5.41, 5.74) is -1.32. The van der Waals surface area contributed by atoms with Gasteiger partial charge in [0.15, 0.2) is 0 Å². The molecule has 0 amide bonds. The monoisotopic (exact) mass is 512 g/mol. The second-order valence-corrected chi connectivity index (χ2v) is 11.5. The van der Waals surface area contributed by atoms with Crippen LogP contribution in [0.25, 0.3) is 0 Å². The highest BCUT2D eigenvalue weighted by molar-refractivity contribution is 5.88. The van der Waals surface area contributed by atoms with E-state index >= 15 is 0 Å². The highest BCUT2D eigenvalue weighted by Crippen LogP contribution is 2.26. The van der Waals surface area contributed by atoms with Crippen LogP contribution in [0.3, 0.4) is 0 Å². The molecule has 1 aromatic rings. The molecule has 8 nitrogen and oxygen atoms in total. The van der Waals surface area contributed by atoms with Crippen molar-refractivity contribution < 1.29 is 38.3 Å². The van der Waals surface area contributed by atoms with E-state index in [0.29, 0.717) is 50.8 Å². The zero-order valence-corrected chi connectivity index (χ0v) is 24.0. The van der Waals surface area contributed by atoms with Crippen molar-refractivity contribution in [2.75, 3.05) is 40.6 Å². The standard InChI is InChI=1S/C28H48O8/c1-25(2,31-9)13-16-35-26(3,4)11-14-33-22-17-21(24(29)30)18-23(19-22)34-15-12-27(5,6)36-20-28(7,8)32-10/h17-19H,11-16,20H2,1-10H3,(H,29,30). The molecule has 0 atom stereocenters. The summed E-state index contributed by atoms with van der Waals surface area (Å²) in [6, 6.07) is 4.72. The SMILES string of the molecule is COC(C)(C)CCOC(C)(C)CCOc1cc(OCCC(C)(C)OCC(C)(C)OC)cc(C(=O)O)c1. The number of carboxylic acids is 1. The number of methoxy groups -OCH3 is 2. The van der Waals surface area contributed by atoms with Crippen molar-refractivity contribution >= 4 is 5.97 Å². The summed E-state index contributed by atoms with van der Waals surface area (Å²) in [6.07, 6.45) is 2.03. The molecule has 0 saturated carbocycles. The van der Waals surface area contributed by atoms with E-state index in [1.165, 1.54) is 12.1 Å². The Morgan fingerprint density at radius 2 is 1.11 bits per heavy atom. The Kier molecular flexibility index (Phi) is 12.2. The summed E-state index contributed by atoms with van der Waals surface area (Å²) < 4.78 is 34.6. The second-order valence-electron chi connectivity index (χ2n) is 11.5. The van der Waals surface area contributed by atoms with E-state index in [1.807, 2.05) is 55.4 Å². The summed E-state index contributed by atoms with van der Waals surface area (Å²) in [7, 11) is 3.35. The van der Waals surface area contributed by atoms with Crippen LogP contribution in [0.15, 0.2) is 18.2 Å². The predicted molar refractivity (Wildman–Crippen MR) is 140 cm³/mol. The van der Waals surface area contributed by atoms with E-state index in [4.69, 9.17) is 28.4 Å². The molecule has 1 aromatic carbocycles. The van der Waals surface area contributed by atoms with Crippen molar-refractivity contribution in [3.63, 3.8) is 0 Å². The lowest BCUT2D eigenvalue weighted by Crippen LogP contribution is -2.36. The minimum Gasteiger partial charge on any atom is -0.493 e. The van der Waals surface area contributed by atoms with Gasteiger partial charge in [0.25, 0.3) is 0 Å². The second kappa shape index (κ2) is 13.6. The quantitative estimate of drug-likeness (QED) is 0.266. The topological polar surface area (TPSA) is 92.7 Å². The molecule has 0 saturated heterocycles. The summed E-state index contributed by atoms with van der Waals surface area (Å²) in [5, 5.41) is 9.52. The normalized spacial score (nSPS) is 13.1. The molecule has 0 radical (unpaired) electrons.